The Morgan fingerprint density at radius 1 is 1.29 bits per heavy atom. The fourth-order valence-electron chi connectivity index (χ4n) is 2.67. The Morgan fingerprint density at radius 2 is 2.00 bits per heavy atom. The number of halogens is 1. The third kappa shape index (κ3) is 6.14. The van der Waals surface area contributed by atoms with Gasteiger partial charge in [-0.3, -0.25) is 4.79 Å². The maximum absolute atomic E-state index is 12.5. The molecule has 0 aliphatic carbocycles. The van der Waals surface area contributed by atoms with Crippen LogP contribution >= 0.6 is 15.9 Å². The molecular weight excluding hydrogens is 418 g/mol. The Kier molecular flexibility index (Phi) is 8.09. The predicted octanol–water partition coefficient (Wildman–Crippen LogP) is 4.53. The molecule has 28 heavy (non-hydrogen) atoms. The summed E-state index contributed by atoms with van der Waals surface area (Å²) in [6.45, 7) is 6.84. The summed E-state index contributed by atoms with van der Waals surface area (Å²) in [5, 5.41) is 15.2. The highest BCUT2D eigenvalue weighted by molar-refractivity contribution is 9.10. The molecule has 0 spiro atoms. The third-order valence-corrected chi connectivity index (χ3v) is 4.64. The van der Waals surface area contributed by atoms with Crippen LogP contribution in [0.5, 0.6) is 5.75 Å². The smallest absolute Gasteiger partial charge is 0.263 e. The second kappa shape index (κ2) is 10.5. The summed E-state index contributed by atoms with van der Waals surface area (Å²) < 4.78 is 6.66. The van der Waals surface area contributed by atoms with E-state index in [0.717, 1.165) is 26.9 Å². The van der Waals surface area contributed by atoms with Gasteiger partial charge in [0.05, 0.1) is 12.6 Å². The number of aryl methyl sites for hydroxylation is 1. The zero-order chi connectivity index (χ0) is 20.5. The lowest BCUT2D eigenvalue weighted by Crippen LogP contribution is -2.29. The highest BCUT2D eigenvalue weighted by Crippen LogP contribution is 2.26. The Hall–Kier alpha value is -2.78. The van der Waals surface area contributed by atoms with Crippen LogP contribution in [0.2, 0.25) is 0 Å². The summed E-state index contributed by atoms with van der Waals surface area (Å²) in [4.78, 5) is 12.5. The van der Waals surface area contributed by atoms with E-state index in [4.69, 9.17) is 4.74 Å². The van der Waals surface area contributed by atoms with Gasteiger partial charge in [-0.05, 0) is 44.5 Å². The van der Waals surface area contributed by atoms with E-state index in [0.29, 0.717) is 13.2 Å². The third-order valence-electron chi connectivity index (χ3n) is 4.11. The van der Waals surface area contributed by atoms with Gasteiger partial charge in [0.2, 0.25) is 0 Å². The Bertz CT molecular complexity index is 886. The van der Waals surface area contributed by atoms with Crippen molar-refractivity contribution in [3.8, 4) is 11.8 Å². The van der Waals surface area contributed by atoms with Gasteiger partial charge in [0.25, 0.3) is 5.91 Å². The van der Waals surface area contributed by atoms with Gasteiger partial charge in [0, 0.05) is 22.8 Å². The lowest BCUT2D eigenvalue weighted by atomic mass is 10.0. The zero-order valence-electron chi connectivity index (χ0n) is 16.3. The first-order chi connectivity index (χ1) is 13.4. The summed E-state index contributed by atoms with van der Waals surface area (Å²) >= 11 is 3.39. The van der Waals surface area contributed by atoms with E-state index < -0.39 is 5.91 Å². The molecule has 0 heterocycles. The number of hydrogen-bond donors (Lipinski definition) is 2. The van der Waals surface area contributed by atoms with E-state index >= 15 is 0 Å². The summed E-state index contributed by atoms with van der Waals surface area (Å²) in [5.74, 6) is 0.305. The molecule has 2 rings (SSSR count). The number of nitriles is 1. The van der Waals surface area contributed by atoms with E-state index in [2.05, 4.69) is 26.6 Å². The van der Waals surface area contributed by atoms with Gasteiger partial charge in [-0.15, -0.1) is 0 Å². The molecule has 0 saturated heterocycles. The first-order valence-corrected chi connectivity index (χ1v) is 9.86. The number of ether oxygens (including phenoxy) is 1. The van der Waals surface area contributed by atoms with Crippen molar-refractivity contribution < 1.29 is 9.53 Å². The molecule has 1 atom stereocenters. The molecule has 146 valence electrons. The number of hydrogen-bond acceptors (Lipinski definition) is 4. The normalized spacial score (nSPS) is 12.0. The van der Waals surface area contributed by atoms with E-state index in [1.165, 1.54) is 6.20 Å². The van der Waals surface area contributed by atoms with Crippen molar-refractivity contribution in [1.82, 2.24) is 10.6 Å². The number of rotatable bonds is 8. The number of nitrogens with zero attached hydrogens (tertiary/aromatic N) is 1. The first kappa shape index (κ1) is 21.5. The Morgan fingerprint density at radius 3 is 2.64 bits per heavy atom. The minimum atomic E-state index is -0.428. The minimum absolute atomic E-state index is 0.0228. The van der Waals surface area contributed by atoms with E-state index in [1.807, 2.05) is 69.3 Å². The number of carbonyl (C=O) groups excluding carboxylic acids is 1. The van der Waals surface area contributed by atoms with Crippen LogP contribution < -0.4 is 15.4 Å². The van der Waals surface area contributed by atoms with Gasteiger partial charge in [-0.2, -0.15) is 5.26 Å². The van der Waals surface area contributed by atoms with Crippen LogP contribution in [0.1, 0.15) is 36.6 Å². The summed E-state index contributed by atoms with van der Waals surface area (Å²) in [5.41, 5.74) is 3.03. The quantitative estimate of drug-likeness (QED) is 0.466. The molecule has 0 radical (unpaired) electrons. The molecule has 0 fully saturated rings. The van der Waals surface area contributed by atoms with Crippen molar-refractivity contribution in [2.75, 3.05) is 6.61 Å². The van der Waals surface area contributed by atoms with Gasteiger partial charge < -0.3 is 15.4 Å². The first-order valence-electron chi connectivity index (χ1n) is 9.07. The van der Waals surface area contributed by atoms with Crippen LogP contribution in [0.15, 0.2) is 58.7 Å². The van der Waals surface area contributed by atoms with Gasteiger partial charge in [0.15, 0.2) is 0 Å². The minimum Gasteiger partial charge on any atom is -0.494 e. The number of benzene rings is 2. The van der Waals surface area contributed by atoms with Crippen molar-refractivity contribution in [2.24, 2.45) is 0 Å². The van der Waals surface area contributed by atoms with Gasteiger partial charge >= 0.3 is 0 Å². The second-order valence-corrected chi connectivity index (χ2v) is 7.26. The van der Waals surface area contributed by atoms with Gasteiger partial charge in [0.1, 0.15) is 17.4 Å². The summed E-state index contributed by atoms with van der Waals surface area (Å²) in [6.07, 6.45) is 1.45. The number of carbonyl (C=O) groups is 1. The van der Waals surface area contributed by atoms with Crippen molar-refractivity contribution in [3.05, 3.63) is 75.4 Å². The monoisotopic (exact) mass is 441 g/mol. The van der Waals surface area contributed by atoms with E-state index in [1.54, 1.807) is 0 Å². The summed E-state index contributed by atoms with van der Waals surface area (Å²) in [7, 11) is 0. The molecule has 0 bridgehead atoms. The Balaban J connectivity index is 2.04. The molecule has 5 nitrogen and oxygen atoms in total. The maximum Gasteiger partial charge on any atom is 0.263 e. The van der Waals surface area contributed by atoms with Crippen LogP contribution in [0, 0.1) is 18.3 Å². The molecule has 6 heteroatoms. The lowest BCUT2D eigenvalue weighted by Gasteiger charge is -2.18. The average Bonchev–Trinajstić information content (AvgIpc) is 2.68. The van der Waals surface area contributed by atoms with Gasteiger partial charge in [-0.25, -0.2) is 0 Å². The maximum atomic E-state index is 12.5. The largest absolute Gasteiger partial charge is 0.494 e. The summed E-state index contributed by atoms with van der Waals surface area (Å²) in [6, 6.07) is 15.3. The second-order valence-electron chi connectivity index (χ2n) is 6.35. The molecule has 0 saturated carbocycles. The molecule has 2 aromatic rings. The van der Waals surface area contributed by atoms with Crippen LogP contribution in [0.25, 0.3) is 0 Å². The molecule has 0 aromatic heterocycles. The molecule has 0 aliphatic rings. The molecule has 1 amide bonds. The molecular formula is C22H24BrN3O2. The Labute approximate surface area is 174 Å². The van der Waals surface area contributed by atoms with Crippen molar-refractivity contribution in [1.29, 1.82) is 5.26 Å². The molecule has 2 aromatic carbocycles. The number of nitrogens with one attached hydrogen (secondary N) is 2. The standard InChI is InChI=1S/C22H24BrN3O2/c1-4-28-21-10-5-15(2)11-20(21)16(3)26-22(27)18(12-24)14-25-13-17-6-8-19(23)9-7-17/h5-11,14,16,25H,4,13H2,1-3H3,(H,26,27)/b18-14-. The van der Waals surface area contributed by atoms with Gasteiger partial charge in [-0.1, -0.05) is 45.8 Å². The fourth-order valence-corrected chi connectivity index (χ4v) is 2.93. The fraction of sp³-hybridized carbons (Fsp3) is 0.273. The van der Waals surface area contributed by atoms with Crippen LogP contribution in [-0.2, 0) is 11.3 Å². The van der Waals surface area contributed by atoms with Crippen LogP contribution in [-0.4, -0.2) is 12.5 Å². The zero-order valence-corrected chi connectivity index (χ0v) is 17.8. The van der Waals surface area contributed by atoms with Crippen LogP contribution in [0.4, 0.5) is 0 Å². The average molecular weight is 442 g/mol. The van der Waals surface area contributed by atoms with Crippen molar-refractivity contribution >= 4 is 21.8 Å². The van der Waals surface area contributed by atoms with E-state index in [-0.39, 0.29) is 11.6 Å². The highest BCUT2D eigenvalue weighted by atomic mass is 79.9. The van der Waals surface area contributed by atoms with Crippen molar-refractivity contribution in [2.45, 2.75) is 33.4 Å². The molecule has 2 N–H and O–H groups in total. The molecule has 0 aliphatic heterocycles. The SMILES string of the molecule is CCOc1ccc(C)cc1C(C)NC(=O)/C(C#N)=C\NCc1ccc(Br)cc1. The highest BCUT2D eigenvalue weighted by Gasteiger charge is 2.17. The topological polar surface area (TPSA) is 74.1 Å². The van der Waals surface area contributed by atoms with Crippen LogP contribution in [0.3, 0.4) is 0 Å². The number of amides is 1. The molecule has 1 unspecified atom stereocenters. The predicted molar refractivity (Wildman–Crippen MR) is 114 cm³/mol. The van der Waals surface area contributed by atoms with E-state index in [9.17, 15) is 10.1 Å². The van der Waals surface area contributed by atoms with Crippen molar-refractivity contribution in [3.63, 3.8) is 0 Å². The lowest BCUT2D eigenvalue weighted by molar-refractivity contribution is -0.117.